The van der Waals surface area contributed by atoms with E-state index in [4.69, 9.17) is 14.2 Å². The normalized spacial score (nSPS) is 21.2. The predicted molar refractivity (Wildman–Crippen MR) is 129 cm³/mol. The number of nitrogens with zero attached hydrogens (tertiary/aromatic N) is 2. The second-order valence-electron chi connectivity index (χ2n) is 10.1. The van der Waals surface area contributed by atoms with E-state index in [0.717, 1.165) is 16.0 Å². The summed E-state index contributed by atoms with van der Waals surface area (Å²) in [7, 11) is 1.58. The molecular formula is C27H32F2N2O5. The summed E-state index contributed by atoms with van der Waals surface area (Å²) in [6.07, 6.45) is -0.744. The Morgan fingerprint density at radius 3 is 2.28 bits per heavy atom. The van der Waals surface area contributed by atoms with Gasteiger partial charge in [0.2, 0.25) is 0 Å². The van der Waals surface area contributed by atoms with Crippen molar-refractivity contribution < 1.29 is 32.6 Å². The van der Waals surface area contributed by atoms with Crippen molar-refractivity contribution in [3.8, 4) is 5.75 Å². The number of amides is 1. The van der Waals surface area contributed by atoms with Crippen molar-refractivity contribution in [1.29, 1.82) is 0 Å². The number of carbonyl (C=O) groups excluding carboxylic acids is 2. The summed E-state index contributed by atoms with van der Waals surface area (Å²) < 4.78 is 45.6. The molecular weight excluding hydrogens is 470 g/mol. The Kier molecular flexibility index (Phi) is 7.49. The molecule has 36 heavy (non-hydrogen) atoms. The highest BCUT2D eigenvalue weighted by Gasteiger charge is 2.60. The fourth-order valence-electron chi connectivity index (χ4n) is 4.88. The molecule has 0 aromatic heterocycles. The van der Waals surface area contributed by atoms with Crippen molar-refractivity contribution in [3.05, 3.63) is 65.7 Å². The molecule has 7 nitrogen and oxygen atoms in total. The molecule has 2 aromatic carbocycles. The maximum Gasteiger partial charge on any atom is 0.410 e. The van der Waals surface area contributed by atoms with E-state index < -0.39 is 41.9 Å². The van der Waals surface area contributed by atoms with E-state index in [0.29, 0.717) is 5.75 Å². The van der Waals surface area contributed by atoms with Gasteiger partial charge in [-0.3, -0.25) is 14.6 Å². The number of methoxy groups -OCH3 is 1. The van der Waals surface area contributed by atoms with Crippen LogP contribution in [0.2, 0.25) is 0 Å². The third-order valence-electron chi connectivity index (χ3n) is 6.83. The second-order valence-corrected chi connectivity index (χ2v) is 10.1. The number of fused-ring (bicyclic) bond motifs is 1. The van der Waals surface area contributed by atoms with Crippen LogP contribution >= 0.6 is 0 Å². The molecule has 2 aliphatic rings. The number of likely N-dealkylation sites (tertiary alicyclic amines) is 2. The molecule has 0 N–H and O–H groups in total. The van der Waals surface area contributed by atoms with Crippen molar-refractivity contribution in [2.24, 2.45) is 11.3 Å². The molecule has 0 saturated carbocycles. The average molecular weight is 503 g/mol. The second kappa shape index (κ2) is 10.4. The van der Waals surface area contributed by atoms with Crippen molar-refractivity contribution in [1.82, 2.24) is 9.80 Å². The van der Waals surface area contributed by atoms with Gasteiger partial charge in [-0.1, -0.05) is 42.5 Å². The van der Waals surface area contributed by atoms with Crippen LogP contribution in [-0.2, 0) is 27.5 Å². The minimum atomic E-state index is -3.02. The van der Waals surface area contributed by atoms with Gasteiger partial charge in [0.15, 0.2) is 0 Å². The fourth-order valence-corrected chi connectivity index (χ4v) is 4.88. The van der Waals surface area contributed by atoms with E-state index in [1.807, 2.05) is 47.4 Å². The lowest BCUT2D eigenvalue weighted by atomic mass is 9.93. The smallest absolute Gasteiger partial charge is 0.410 e. The van der Waals surface area contributed by atoms with Gasteiger partial charge in [0.1, 0.15) is 19.0 Å². The zero-order valence-corrected chi connectivity index (χ0v) is 20.8. The van der Waals surface area contributed by atoms with Crippen LogP contribution in [-0.4, -0.2) is 67.1 Å². The first-order valence-corrected chi connectivity index (χ1v) is 12.0. The quantitative estimate of drug-likeness (QED) is 0.500. The van der Waals surface area contributed by atoms with Crippen LogP contribution in [0.4, 0.5) is 13.6 Å². The third-order valence-corrected chi connectivity index (χ3v) is 6.83. The summed E-state index contributed by atoms with van der Waals surface area (Å²) >= 11 is 0. The Balaban J connectivity index is 1.33. The molecule has 1 amide bonds. The number of rotatable bonds is 8. The van der Waals surface area contributed by atoms with Gasteiger partial charge in [-0.2, -0.15) is 0 Å². The maximum atomic E-state index is 14.8. The Morgan fingerprint density at radius 2 is 1.61 bits per heavy atom. The molecule has 2 fully saturated rings. The number of esters is 1. The number of benzene rings is 2. The molecule has 0 aliphatic carbocycles. The molecule has 9 heteroatoms. The molecule has 194 valence electrons. The number of carbonyl (C=O) groups is 2. The topological polar surface area (TPSA) is 68.3 Å². The minimum absolute atomic E-state index is 0.0237. The third kappa shape index (κ3) is 5.78. The monoisotopic (exact) mass is 502 g/mol. The molecule has 2 aliphatic heterocycles. The zero-order valence-electron chi connectivity index (χ0n) is 20.8. The van der Waals surface area contributed by atoms with Gasteiger partial charge in [-0.25, -0.2) is 13.6 Å². The summed E-state index contributed by atoms with van der Waals surface area (Å²) in [6.45, 7) is 3.53. The molecule has 0 bridgehead atoms. The van der Waals surface area contributed by atoms with Gasteiger partial charge in [0, 0.05) is 19.6 Å². The molecule has 2 saturated heterocycles. The highest BCUT2D eigenvalue weighted by molar-refractivity contribution is 5.76. The Morgan fingerprint density at radius 1 is 0.972 bits per heavy atom. The lowest BCUT2D eigenvalue weighted by Gasteiger charge is -2.30. The molecule has 2 heterocycles. The number of ether oxygens (including phenoxy) is 3. The largest absolute Gasteiger partial charge is 0.497 e. The summed E-state index contributed by atoms with van der Waals surface area (Å²) in [6, 6.07) is 15.6. The van der Waals surface area contributed by atoms with Crippen molar-refractivity contribution in [3.63, 3.8) is 0 Å². The van der Waals surface area contributed by atoms with E-state index >= 15 is 0 Å². The van der Waals surface area contributed by atoms with E-state index in [-0.39, 0.29) is 32.8 Å². The first-order chi connectivity index (χ1) is 17.1. The fraction of sp³-hybridized carbons (Fsp3) is 0.481. The summed E-state index contributed by atoms with van der Waals surface area (Å²) in [4.78, 5) is 28.4. The molecule has 2 aromatic rings. The predicted octanol–water partition coefficient (Wildman–Crippen LogP) is 4.35. The van der Waals surface area contributed by atoms with E-state index in [2.05, 4.69) is 0 Å². The van der Waals surface area contributed by atoms with Gasteiger partial charge < -0.3 is 14.2 Å². The lowest BCUT2D eigenvalue weighted by Crippen LogP contribution is -2.44. The van der Waals surface area contributed by atoms with Crippen LogP contribution in [0.5, 0.6) is 5.75 Å². The highest BCUT2D eigenvalue weighted by atomic mass is 19.3. The van der Waals surface area contributed by atoms with Crippen molar-refractivity contribution in [2.45, 2.75) is 39.0 Å². The SMILES string of the molecule is COc1ccc(COC(=O)C(C)(C)CN2CC3C(C2)C(F)(F)CN3C(=O)OCc2ccccc2)cc1. The van der Waals surface area contributed by atoms with Crippen LogP contribution in [0.25, 0.3) is 0 Å². The van der Waals surface area contributed by atoms with Gasteiger partial charge >= 0.3 is 12.1 Å². The Labute approximate surface area is 209 Å². The Hall–Kier alpha value is -3.20. The van der Waals surface area contributed by atoms with Crippen LogP contribution in [0.3, 0.4) is 0 Å². The minimum Gasteiger partial charge on any atom is -0.497 e. The van der Waals surface area contributed by atoms with Crippen molar-refractivity contribution >= 4 is 12.1 Å². The number of hydrogen-bond donors (Lipinski definition) is 0. The number of alkyl halides is 2. The maximum absolute atomic E-state index is 14.8. The number of hydrogen-bond acceptors (Lipinski definition) is 6. The van der Waals surface area contributed by atoms with E-state index in [9.17, 15) is 18.4 Å². The molecule has 2 atom stereocenters. The van der Waals surface area contributed by atoms with Crippen LogP contribution in [0.15, 0.2) is 54.6 Å². The van der Waals surface area contributed by atoms with E-state index in [1.165, 1.54) is 0 Å². The van der Waals surface area contributed by atoms with Crippen LogP contribution < -0.4 is 4.74 Å². The zero-order chi connectivity index (χ0) is 25.9. The highest BCUT2D eigenvalue weighted by Crippen LogP contribution is 2.43. The molecule has 2 unspecified atom stereocenters. The molecule has 0 radical (unpaired) electrons. The van der Waals surface area contributed by atoms with Crippen LogP contribution in [0, 0.1) is 11.3 Å². The first-order valence-electron chi connectivity index (χ1n) is 12.0. The Bertz CT molecular complexity index is 1060. The summed E-state index contributed by atoms with van der Waals surface area (Å²) in [5.74, 6) is -3.74. The van der Waals surface area contributed by atoms with Gasteiger partial charge in [0.05, 0.1) is 31.0 Å². The van der Waals surface area contributed by atoms with Gasteiger partial charge in [-0.05, 0) is 37.1 Å². The standard InChI is InChI=1S/C27H32F2N2O5/c1-26(2,24(32)35-15-20-9-11-21(34-3)12-10-20)17-30-13-22-23(14-30)31(18-27(22,28)29)25(33)36-16-19-7-5-4-6-8-19/h4-12,22-23H,13-18H2,1-3H3. The van der Waals surface area contributed by atoms with Crippen molar-refractivity contribution in [2.75, 3.05) is 33.3 Å². The molecule has 4 rings (SSSR count). The van der Waals surface area contributed by atoms with Crippen LogP contribution in [0.1, 0.15) is 25.0 Å². The average Bonchev–Trinajstić information content (AvgIpc) is 3.39. The number of halogens is 2. The summed E-state index contributed by atoms with van der Waals surface area (Å²) in [5, 5.41) is 0. The lowest BCUT2D eigenvalue weighted by molar-refractivity contribution is -0.156. The first kappa shape index (κ1) is 25.9. The van der Waals surface area contributed by atoms with Gasteiger partial charge in [-0.15, -0.1) is 0 Å². The van der Waals surface area contributed by atoms with E-state index in [1.54, 1.807) is 33.1 Å². The summed E-state index contributed by atoms with van der Waals surface area (Å²) in [5.41, 5.74) is 0.690. The van der Waals surface area contributed by atoms with Gasteiger partial charge in [0.25, 0.3) is 5.92 Å². The molecule has 0 spiro atoms.